The maximum Gasteiger partial charge on any atom is 0.332 e. The van der Waals surface area contributed by atoms with Gasteiger partial charge in [0.2, 0.25) is 0 Å². The summed E-state index contributed by atoms with van der Waals surface area (Å²) in [4.78, 5) is 39.0. The molecule has 0 aromatic heterocycles. The van der Waals surface area contributed by atoms with E-state index >= 15 is 0 Å². The molecule has 2 fully saturated rings. The van der Waals surface area contributed by atoms with Crippen molar-refractivity contribution in [3.05, 3.63) is 35.9 Å². The zero-order valence-corrected chi connectivity index (χ0v) is 12.2. The standard InChI is InChI=1S/C16H16N2O4/c1-22-14(19)9-8-11-5-2-3-6-12(11)18-15(20)13-7-4-10-17(13)16(18)21/h2-3,5-6,8-9,13H,4,7,10H2,1H3/b9-8+. The second-order valence-corrected chi connectivity index (χ2v) is 5.22. The van der Waals surface area contributed by atoms with Crippen LogP contribution in [0.15, 0.2) is 30.3 Å². The Morgan fingerprint density at radius 3 is 2.82 bits per heavy atom. The minimum absolute atomic E-state index is 0.193. The summed E-state index contributed by atoms with van der Waals surface area (Å²) in [6.07, 6.45) is 4.39. The lowest BCUT2D eigenvalue weighted by molar-refractivity contribution is -0.134. The van der Waals surface area contributed by atoms with E-state index in [4.69, 9.17) is 0 Å². The molecule has 22 heavy (non-hydrogen) atoms. The van der Waals surface area contributed by atoms with Crippen molar-refractivity contribution in [3.63, 3.8) is 0 Å². The molecule has 3 rings (SSSR count). The first kappa shape index (κ1) is 14.3. The Bertz CT molecular complexity index is 646. The average Bonchev–Trinajstić information content (AvgIpc) is 3.10. The number of esters is 1. The molecule has 6 nitrogen and oxygen atoms in total. The zero-order chi connectivity index (χ0) is 15.7. The van der Waals surface area contributed by atoms with Gasteiger partial charge in [-0.1, -0.05) is 18.2 Å². The number of urea groups is 1. The van der Waals surface area contributed by atoms with Gasteiger partial charge in [-0.2, -0.15) is 0 Å². The monoisotopic (exact) mass is 300 g/mol. The molecule has 0 radical (unpaired) electrons. The fourth-order valence-electron chi connectivity index (χ4n) is 2.90. The molecule has 0 bridgehead atoms. The van der Waals surface area contributed by atoms with Crippen molar-refractivity contribution < 1.29 is 19.1 Å². The number of carbonyl (C=O) groups is 3. The second-order valence-electron chi connectivity index (χ2n) is 5.22. The van der Waals surface area contributed by atoms with E-state index in [0.717, 1.165) is 6.42 Å². The number of carbonyl (C=O) groups excluding carboxylic acids is 3. The Kier molecular flexibility index (Phi) is 3.66. The van der Waals surface area contributed by atoms with Crippen LogP contribution in [-0.2, 0) is 14.3 Å². The van der Waals surface area contributed by atoms with Crippen LogP contribution in [0, 0.1) is 0 Å². The third-order valence-electron chi connectivity index (χ3n) is 3.97. The van der Waals surface area contributed by atoms with Gasteiger partial charge in [0.15, 0.2) is 0 Å². The van der Waals surface area contributed by atoms with Crippen molar-refractivity contribution in [2.75, 3.05) is 18.6 Å². The van der Waals surface area contributed by atoms with Gasteiger partial charge in [-0.05, 0) is 30.5 Å². The molecule has 0 saturated carbocycles. The third-order valence-corrected chi connectivity index (χ3v) is 3.97. The van der Waals surface area contributed by atoms with Gasteiger partial charge in [-0.15, -0.1) is 0 Å². The van der Waals surface area contributed by atoms with Crippen LogP contribution >= 0.6 is 0 Å². The van der Waals surface area contributed by atoms with E-state index in [1.54, 1.807) is 35.2 Å². The molecule has 3 amide bonds. The molecular weight excluding hydrogens is 284 g/mol. The summed E-state index contributed by atoms with van der Waals surface area (Å²) in [6.45, 7) is 0.617. The number of hydrogen-bond acceptors (Lipinski definition) is 4. The van der Waals surface area contributed by atoms with E-state index in [1.165, 1.54) is 18.1 Å². The van der Waals surface area contributed by atoms with E-state index in [2.05, 4.69) is 4.74 Å². The van der Waals surface area contributed by atoms with Crippen LogP contribution in [0.3, 0.4) is 0 Å². The minimum Gasteiger partial charge on any atom is -0.466 e. The van der Waals surface area contributed by atoms with Crippen LogP contribution in [0.4, 0.5) is 10.5 Å². The quantitative estimate of drug-likeness (QED) is 0.485. The van der Waals surface area contributed by atoms with Crippen LogP contribution in [0.2, 0.25) is 0 Å². The lowest BCUT2D eigenvalue weighted by atomic mass is 10.1. The van der Waals surface area contributed by atoms with Gasteiger partial charge in [-0.3, -0.25) is 4.79 Å². The first-order chi connectivity index (χ1) is 10.6. The van der Waals surface area contributed by atoms with Gasteiger partial charge in [0.05, 0.1) is 12.8 Å². The highest BCUT2D eigenvalue weighted by atomic mass is 16.5. The molecule has 1 aromatic carbocycles. The number of imide groups is 1. The van der Waals surface area contributed by atoms with Gasteiger partial charge in [0.25, 0.3) is 5.91 Å². The SMILES string of the molecule is COC(=O)/C=C/c1ccccc1N1C(=O)C2CCCN2C1=O. The summed E-state index contributed by atoms with van der Waals surface area (Å²) in [6, 6.07) is 6.37. The Balaban J connectivity index is 1.95. The summed E-state index contributed by atoms with van der Waals surface area (Å²) in [5, 5.41) is 0. The van der Waals surface area contributed by atoms with Crippen LogP contribution in [-0.4, -0.2) is 42.5 Å². The van der Waals surface area contributed by atoms with Crippen molar-refractivity contribution >= 4 is 29.7 Å². The normalized spacial score (nSPS) is 20.9. The molecule has 1 aromatic rings. The van der Waals surface area contributed by atoms with Crippen molar-refractivity contribution in [3.8, 4) is 0 Å². The Labute approximate surface area is 127 Å². The van der Waals surface area contributed by atoms with Crippen molar-refractivity contribution in [1.82, 2.24) is 4.90 Å². The van der Waals surface area contributed by atoms with E-state index in [1.807, 2.05) is 0 Å². The van der Waals surface area contributed by atoms with Crippen molar-refractivity contribution in [2.45, 2.75) is 18.9 Å². The number of ether oxygens (including phenoxy) is 1. The highest BCUT2D eigenvalue weighted by Crippen LogP contribution is 2.33. The molecule has 1 atom stereocenters. The topological polar surface area (TPSA) is 66.9 Å². The zero-order valence-electron chi connectivity index (χ0n) is 12.2. The maximum absolute atomic E-state index is 12.5. The van der Waals surface area contributed by atoms with E-state index in [9.17, 15) is 14.4 Å². The molecule has 2 aliphatic rings. The average molecular weight is 300 g/mol. The summed E-state index contributed by atoms with van der Waals surface area (Å²) in [5.41, 5.74) is 1.11. The van der Waals surface area contributed by atoms with E-state index < -0.39 is 5.97 Å². The van der Waals surface area contributed by atoms with Crippen LogP contribution in [0.1, 0.15) is 18.4 Å². The number of hydrogen-bond donors (Lipinski definition) is 0. The van der Waals surface area contributed by atoms with Gasteiger partial charge < -0.3 is 9.64 Å². The third kappa shape index (κ3) is 2.26. The highest BCUT2D eigenvalue weighted by Gasteiger charge is 2.48. The number of para-hydroxylation sites is 1. The van der Waals surface area contributed by atoms with Crippen LogP contribution < -0.4 is 4.90 Å². The minimum atomic E-state index is -0.491. The summed E-state index contributed by atoms with van der Waals surface area (Å²) in [5.74, 6) is -0.684. The number of rotatable bonds is 3. The largest absolute Gasteiger partial charge is 0.466 e. The Morgan fingerprint density at radius 2 is 2.09 bits per heavy atom. The number of fused-ring (bicyclic) bond motifs is 1. The first-order valence-electron chi connectivity index (χ1n) is 7.13. The van der Waals surface area contributed by atoms with Crippen LogP contribution in [0.5, 0.6) is 0 Å². The van der Waals surface area contributed by atoms with Gasteiger partial charge >= 0.3 is 12.0 Å². The Hall–Kier alpha value is -2.63. The molecule has 114 valence electrons. The molecule has 0 N–H and O–H groups in total. The molecule has 0 aliphatic carbocycles. The van der Waals surface area contributed by atoms with E-state index in [-0.39, 0.29) is 18.0 Å². The molecular formula is C16H16N2O4. The van der Waals surface area contributed by atoms with E-state index in [0.29, 0.717) is 24.2 Å². The molecule has 2 saturated heterocycles. The molecule has 0 spiro atoms. The smallest absolute Gasteiger partial charge is 0.332 e. The summed E-state index contributed by atoms with van der Waals surface area (Å²) < 4.78 is 4.56. The molecule has 1 unspecified atom stereocenters. The Morgan fingerprint density at radius 1 is 1.32 bits per heavy atom. The molecule has 6 heteroatoms. The van der Waals surface area contributed by atoms with Crippen LogP contribution in [0.25, 0.3) is 6.08 Å². The summed E-state index contributed by atoms with van der Waals surface area (Å²) >= 11 is 0. The van der Waals surface area contributed by atoms with Gasteiger partial charge in [0.1, 0.15) is 6.04 Å². The fourth-order valence-corrected chi connectivity index (χ4v) is 2.90. The van der Waals surface area contributed by atoms with Crippen molar-refractivity contribution in [1.29, 1.82) is 0 Å². The fraction of sp³-hybridized carbons (Fsp3) is 0.312. The lowest BCUT2D eigenvalue weighted by Gasteiger charge is -2.17. The number of methoxy groups -OCH3 is 1. The second kappa shape index (κ2) is 5.63. The molecule has 2 aliphatic heterocycles. The maximum atomic E-state index is 12.5. The number of benzene rings is 1. The number of anilines is 1. The first-order valence-corrected chi connectivity index (χ1v) is 7.13. The molecule has 2 heterocycles. The number of nitrogens with zero attached hydrogens (tertiary/aromatic N) is 2. The lowest BCUT2D eigenvalue weighted by Crippen LogP contribution is -2.33. The predicted octanol–water partition coefficient (Wildman–Crippen LogP) is 1.80. The van der Waals surface area contributed by atoms with Gasteiger partial charge in [0, 0.05) is 12.6 Å². The number of amides is 3. The highest BCUT2D eigenvalue weighted by molar-refractivity contribution is 6.22. The van der Waals surface area contributed by atoms with Crippen molar-refractivity contribution in [2.24, 2.45) is 0 Å². The van der Waals surface area contributed by atoms with Gasteiger partial charge in [-0.25, -0.2) is 14.5 Å². The summed E-state index contributed by atoms with van der Waals surface area (Å²) in [7, 11) is 1.29. The predicted molar refractivity (Wildman–Crippen MR) is 80.1 cm³/mol.